The van der Waals surface area contributed by atoms with Crippen molar-refractivity contribution in [3.05, 3.63) is 65.4 Å². The van der Waals surface area contributed by atoms with Crippen molar-refractivity contribution in [2.24, 2.45) is 0 Å². The average Bonchev–Trinajstić information content (AvgIpc) is 2.88. The molecule has 0 atom stereocenters. The van der Waals surface area contributed by atoms with E-state index in [1.54, 1.807) is 31.1 Å². The number of fused-ring (bicyclic) bond motifs is 4. The zero-order valence-corrected chi connectivity index (χ0v) is 22.6. The van der Waals surface area contributed by atoms with Gasteiger partial charge >= 0.3 is 12.2 Å². The molecule has 2 aromatic carbocycles. The maximum absolute atomic E-state index is 13.6. The van der Waals surface area contributed by atoms with Crippen molar-refractivity contribution in [1.29, 1.82) is 0 Å². The first-order chi connectivity index (χ1) is 18.9. The van der Waals surface area contributed by atoms with Crippen LogP contribution in [0.3, 0.4) is 0 Å². The van der Waals surface area contributed by atoms with Gasteiger partial charge in [0.15, 0.2) is 0 Å². The van der Waals surface area contributed by atoms with Crippen molar-refractivity contribution in [2.45, 2.75) is 30.6 Å². The molecule has 0 aliphatic carbocycles. The van der Waals surface area contributed by atoms with Gasteiger partial charge in [0.2, 0.25) is 16.0 Å². The largest absolute Gasteiger partial charge is 0.416 e. The van der Waals surface area contributed by atoms with Crippen LogP contribution < -0.4 is 26.0 Å². The molecule has 40 heavy (non-hydrogen) atoms. The van der Waals surface area contributed by atoms with Gasteiger partial charge in [-0.05, 0) is 56.4 Å². The molecule has 5 N–H and O–H groups in total. The second-order valence-electron chi connectivity index (χ2n) is 9.31. The SMILES string of the molecule is CN(C)Cc1ccc(NC(=O)NCc2cnc3nc2NCCCNS(=O)(=O)c2cccc(c2)N3)cc1C(F)(F)F. The summed E-state index contributed by atoms with van der Waals surface area (Å²) >= 11 is 0. The van der Waals surface area contributed by atoms with Gasteiger partial charge < -0.3 is 26.2 Å². The number of halogens is 3. The lowest BCUT2D eigenvalue weighted by molar-refractivity contribution is -0.138. The normalized spacial score (nSPS) is 15.1. The van der Waals surface area contributed by atoms with Crippen molar-refractivity contribution in [1.82, 2.24) is 24.9 Å². The lowest BCUT2D eigenvalue weighted by atomic mass is 10.1. The standard InChI is InChI=1S/C25H29F3N8O3S/c1-36(2)15-16-7-8-19(12-21(16)25(26,27)28)34-24(37)31-14-17-13-30-23-33-18-5-3-6-20(11-18)40(38,39)32-10-4-9-29-22(17)35-23/h3,5-8,11-13,32H,4,9-10,14-15H2,1-2H3,(H2,31,34,37)(H2,29,30,33,35). The molecular formula is C25H29F3N8O3S. The summed E-state index contributed by atoms with van der Waals surface area (Å²) < 4.78 is 68.3. The van der Waals surface area contributed by atoms with E-state index in [0.29, 0.717) is 30.0 Å². The van der Waals surface area contributed by atoms with E-state index in [0.717, 1.165) is 6.07 Å². The molecule has 4 bridgehead atoms. The van der Waals surface area contributed by atoms with E-state index < -0.39 is 27.8 Å². The van der Waals surface area contributed by atoms with Crippen LogP contribution in [0.4, 0.5) is 41.1 Å². The molecule has 1 aromatic heterocycles. The highest BCUT2D eigenvalue weighted by atomic mass is 32.2. The highest BCUT2D eigenvalue weighted by Gasteiger charge is 2.33. The molecule has 1 aliphatic heterocycles. The summed E-state index contributed by atoms with van der Waals surface area (Å²) in [6, 6.07) is 9.18. The third-order valence-corrected chi connectivity index (χ3v) is 7.26. The van der Waals surface area contributed by atoms with Crippen molar-refractivity contribution in [3.8, 4) is 0 Å². The molecule has 3 aromatic rings. The number of aromatic nitrogens is 2. The van der Waals surface area contributed by atoms with Gasteiger partial charge in [0.25, 0.3) is 0 Å². The number of benzene rings is 2. The molecule has 0 saturated carbocycles. The number of carbonyl (C=O) groups is 1. The summed E-state index contributed by atoms with van der Waals surface area (Å²) in [5.41, 5.74) is 0.255. The van der Waals surface area contributed by atoms with Gasteiger partial charge in [-0.3, -0.25) is 0 Å². The van der Waals surface area contributed by atoms with E-state index in [1.165, 1.54) is 30.5 Å². The number of urea groups is 1. The smallest absolute Gasteiger partial charge is 0.370 e. The minimum Gasteiger partial charge on any atom is -0.370 e. The van der Waals surface area contributed by atoms with Gasteiger partial charge in [-0.25, -0.2) is 22.9 Å². The van der Waals surface area contributed by atoms with Gasteiger partial charge in [0.1, 0.15) is 5.82 Å². The van der Waals surface area contributed by atoms with E-state index in [1.807, 2.05) is 0 Å². The van der Waals surface area contributed by atoms with Crippen LogP contribution in [0.15, 0.2) is 53.6 Å². The maximum atomic E-state index is 13.6. The first kappa shape index (κ1) is 29.0. The fraction of sp³-hybridized carbons (Fsp3) is 0.320. The van der Waals surface area contributed by atoms with Gasteiger partial charge in [-0.1, -0.05) is 12.1 Å². The molecule has 1 aliphatic rings. The lowest BCUT2D eigenvalue weighted by Gasteiger charge is -2.18. The van der Waals surface area contributed by atoms with Gasteiger partial charge in [0, 0.05) is 49.3 Å². The molecule has 4 rings (SSSR count). The Hall–Kier alpha value is -3.95. The molecule has 15 heteroatoms. The highest BCUT2D eigenvalue weighted by molar-refractivity contribution is 7.89. The first-order valence-corrected chi connectivity index (χ1v) is 13.8. The fourth-order valence-corrected chi connectivity index (χ4v) is 5.07. The lowest BCUT2D eigenvalue weighted by Crippen LogP contribution is -2.29. The number of nitrogens with zero attached hydrogens (tertiary/aromatic N) is 3. The number of rotatable bonds is 5. The fourth-order valence-electron chi connectivity index (χ4n) is 3.95. The van der Waals surface area contributed by atoms with Crippen molar-refractivity contribution >= 4 is 39.2 Å². The molecule has 214 valence electrons. The minimum absolute atomic E-state index is 0.00307. The molecular weight excluding hydrogens is 549 g/mol. The number of carbonyl (C=O) groups excluding carboxylic acids is 1. The van der Waals surface area contributed by atoms with Crippen LogP contribution in [0.25, 0.3) is 0 Å². The third kappa shape index (κ3) is 7.58. The van der Waals surface area contributed by atoms with Gasteiger partial charge in [-0.15, -0.1) is 0 Å². The number of sulfonamides is 1. The zero-order valence-electron chi connectivity index (χ0n) is 21.8. The Morgan fingerprint density at radius 1 is 1.10 bits per heavy atom. The van der Waals surface area contributed by atoms with Crippen LogP contribution in [-0.4, -0.2) is 56.5 Å². The van der Waals surface area contributed by atoms with Crippen LogP contribution in [0, 0.1) is 0 Å². The molecule has 0 saturated heterocycles. The summed E-state index contributed by atoms with van der Waals surface area (Å²) in [6.07, 6.45) is -2.63. The number of hydrogen-bond donors (Lipinski definition) is 5. The minimum atomic E-state index is -4.58. The molecule has 2 amide bonds. The second kappa shape index (κ2) is 12.1. The Labute approximate surface area is 229 Å². The first-order valence-electron chi connectivity index (χ1n) is 12.3. The quantitative estimate of drug-likeness (QED) is 0.309. The molecule has 0 radical (unpaired) electrons. The molecule has 0 spiro atoms. The van der Waals surface area contributed by atoms with Crippen molar-refractivity contribution in [2.75, 3.05) is 43.1 Å². The van der Waals surface area contributed by atoms with E-state index >= 15 is 0 Å². The Morgan fingerprint density at radius 3 is 2.65 bits per heavy atom. The third-order valence-electron chi connectivity index (χ3n) is 5.80. The zero-order chi connectivity index (χ0) is 28.9. The van der Waals surface area contributed by atoms with Crippen molar-refractivity contribution < 1.29 is 26.4 Å². The number of amides is 2. The maximum Gasteiger partial charge on any atom is 0.416 e. The Kier molecular flexibility index (Phi) is 8.76. The summed E-state index contributed by atoms with van der Waals surface area (Å²) in [7, 11) is -0.342. The second-order valence-corrected chi connectivity index (χ2v) is 11.1. The topological polar surface area (TPSA) is 140 Å². The molecule has 11 nitrogen and oxygen atoms in total. The number of alkyl halides is 3. The van der Waals surface area contributed by atoms with Gasteiger partial charge in [0.05, 0.1) is 10.5 Å². The number of nitrogens with one attached hydrogen (secondary N) is 5. The van der Waals surface area contributed by atoms with Crippen LogP contribution >= 0.6 is 0 Å². The summed E-state index contributed by atoms with van der Waals surface area (Å²) in [5.74, 6) is 0.610. The van der Waals surface area contributed by atoms with Gasteiger partial charge in [-0.2, -0.15) is 18.2 Å². The highest BCUT2D eigenvalue weighted by Crippen LogP contribution is 2.34. The van der Waals surface area contributed by atoms with E-state index in [4.69, 9.17) is 0 Å². The van der Waals surface area contributed by atoms with Crippen molar-refractivity contribution in [3.63, 3.8) is 0 Å². The Bertz CT molecular complexity index is 1480. The van der Waals surface area contributed by atoms with Crippen LogP contribution in [0.5, 0.6) is 0 Å². The number of anilines is 4. The monoisotopic (exact) mass is 578 g/mol. The van der Waals surface area contributed by atoms with E-state index in [9.17, 15) is 26.4 Å². The Morgan fingerprint density at radius 2 is 1.90 bits per heavy atom. The van der Waals surface area contributed by atoms with Crippen LogP contribution in [-0.2, 0) is 29.3 Å². The molecule has 0 unspecified atom stereocenters. The molecule has 0 fully saturated rings. The predicted octanol–water partition coefficient (Wildman–Crippen LogP) is 3.72. The van der Waals surface area contributed by atoms with Crippen LogP contribution in [0.2, 0.25) is 0 Å². The van der Waals surface area contributed by atoms with E-state index in [-0.39, 0.29) is 41.7 Å². The molecule has 2 heterocycles. The summed E-state index contributed by atoms with van der Waals surface area (Å²) in [4.78, 5) is 23.0. The predicted molar refractivity (Wildman–Crippen MR) is 145 cm³/mol. The summed E-state index contributed by atoms with van der Waals surface area (Å²) in [6.45, 7) is 0.629. The van der Waals surface area contributed by atoms with Crippen LogP contribution in [0.1, 0.15) is 23.1 Å². The number of hydrogen-bond acceptors (Lipinski definition) is 8. The Balaban J connectivity index is 1.47. The summed E-state index contributed by atoms with van der Waals surface area (Å²) in [5, 5.41) is 11.1. The van der Waals surface area contributed by atoms with E-state index in [2.05, 4.69) is 36.0 Å². The average molecular weight is 579 g/mol.